The Labute approximate surface area is 181 Å². The van der Waals surface area contributed by atoms with E-state index >= 15 is 0 Å². The van der Waals surface area contributed by atoms with Crippen LogP contribution in [-0.4, -0.2) is 17.1 Å². The van der Waals surface area contributed by atoms with Crippen LogP contribution in [0.3, 0.4) is 0 Å². The summed E-state index contributed by atoms with van der Waals surface area (Å²) >= 11 is 1.57. The lowest BCUT2D eigenvalue weighted by Gasteiger charge is -2.20. The fourth-order valence-electron chi connectivity index (χ4n) is 3.75. The van der Waals surface area contributed by atoms with Gasteiger partial charge < -0.3 is 5.32 Å². The number of amides is 1. The van der Waals surface area contributed by atoms with Gasteiger partial charge in [-0.3, -0.25) is 4.79 Å². The fraction of sp³-hybridized carbons (Fsp3) is 0.154. The van der Waals surface area contributed by atoms with Crippen molar-refractivity contribution in [3.8, 4) is 11.3 Å². The number of aromatic nitrogens is 1. The third-order valence-corrected chi connectivity index (χ3v) is 6.05. The number of thioether (sulfide) groups is 1. The molecule has 3 nitrogen and oxygen atoms in total. The molecule has 30 heavy (non-hydrogen) atoms. The van der Waals surface area contributed by atoms with E-state index in [9.17, 15) is 4.79 Å². The predicted molar refractivity (Wildman–Crippen MR) is 126 cm³/mol. The molecule has 4 rings (SSSR count). The molecule has 4 heteroatoms. The summed E-state index contributed by atoms with van der Waals surface area (Å²) in [5, 5.41) is 4.14. The number of nitrogens with one attached hydrogen (secondary N) is 1. The zero-order chi connectivity index (χ0) is 20.9. The molecule has 150 valence electrons. The summed E-state index contributed by atoms with van der Waals surface area (Å²) in [7, 11) is 0. The standard InChI is InChI=1S/C26H24N2OS/c1-3-21(18-12-6-4-7-13-18)28-26(29)23-20-16-10-11-17-22(20)27-24(25(23)30-2)19-14-8-5-9-15-19/h4-17,21H,3H2,1-2H3,(H,28,29). The second-order valence-corrected chi connectivity index (χ2v) is 7.91. The molecule has 3 aromatic carbocycles. The lowest BCUT2D eigenvalue weighted by molar-refractivity contribution is 0.0934. The Kier molecular flexibility index (Phi) is 6.15. The maximum atomic E-state index is 13.6. The molecule has 0 spiro atoms. The van der Waals surface area contributed by atoms with Crippen molar-refractivity contribution < 1.29 is 4.79 Å². The number of pyridine rings is 1. The van der Waals surface area contributed by atoms with E-state index in [1.165, 1.54) is 0 Å². The molecule has 1 heterocycles. The highest BCUT2D eigenvalue weighted by Gasteiger charge is 2.23. The molecule has 1 unspecified atom stereocenters. The maximum Gasteiger partial charge on any atom is 0.253 e. The smallest absolute Gasteiger partial charge is 0.253 e. The first-order valence-electron chi connectivity index (χ1n) is 10.1. The summed E-state index contributed by atoms with van der Waals surface area (Å²) in [5.74, 6) is -0.0640. The van der Waals surface area contributed by atoms with Gasteiger partial charge in [0.15, 0.2) is 0 Å². The van der Waals surface area contributed by atoms with Gasteiger partial charge in [0.05, 0.1) is 22.8 Å². The van der Waals surface area contributed by atoms with Gasteiger partial charge in [-0.1, -0.05) is 85.8 Å². The molecule has 0 saturated heterocycles. The average Bonchev–Trinajstić information content (AvgIpc) is 2.82. The van der Waals surface area contributed by atoms with E-state index in [2.05, 4.69) is 24.4 Å². The van der Waals surface area contributed by atoms with E-state index in [4.69, 9.17) is 4.98 Å². The second kappa shape index (κ2) is 9.14. The molecule has 1 amide bonds. The van der Waals surface area contributed by atoms with Crippen LogP contribution in [0.4, 0.5) is 0 Å². The molecular formula is C26H24N2OS. The van der Waals surface area contributed by atoms with Gasteiger partial charge in [0, 0.05) is 15.8 Å². The number of nitrogens with zero attached hydrogens (tertiary/aromatic N) is 1. The second-order valence-electron chi connectivity index (χ2n) is 7.10. The first-order chi connectivity index (χ1) is 14.7. The van der Waals surface area contributed by atoms with Crippen molar-refractivity contribution in [1.29, 1.82) is 0 Å². The monoisotopic (exact) mass is 412 g/mol. The van der Waals surface area contributed by atoms with Crippen LogP contribution in [0.2, 0.25) is 0 Å². The molecule has 0 fully saturated rings. The highest BCUT2D eigenvalue weighted by Crippen LogP contribution is 2.36. The molecular weight excluding hydrogens is 388 g/mol. The highest BCUT2D eigenvalue weighted by atomic mass is 32.2. The van der Waals surface area contributed by atoms with Crippen LogP contribution >= 0.6 is 11.8 Å². The Balaban J connectivity index is 1.85. The summed E-state index contributed by atoms with van der Waals surface area (Å²) in [6.45, 7) is 2.09. The Hall–Kier alpha value is -3.11. The molecule has 0 bridgehead atoms. The van der Waals surface area contributed by atoms with Crippen molar-refractivity contribution >= 4 is 28.6 Å². The van der Waals surface area contributed by atoms with Gasteiger partial charge in [0.25, 0.3) is 5.91 Å². The van der Waals surface area contributed by atoms with Crippen LogP contribution in [0.15, 0.2) is 89.8 Å². The summed E-state index contributed by atoms with van der Waals surface area (Å²) in [4.78, 5) is 19.4. The topological polar surface area (TPSA) is 42.0 Å². The van der Waals surface area contributed by atoms with Gasteiger partial charge in [-0.05, 0) is 24.3 Å². The first-order valence-corrected chi connectivity index (χ1v) is 11.3. The molecule has 4 aromatic rings. The van der Waals surface area contributed by atoms with E-state index in [0.717, 1.165) is 39.0 Å². The van der Waals surface area contributed by atoms with Crippen LogP contribution in [0.1, 0.15) is 35.3 Å². The summed E-state index contributed by atoms with van der Waals surface area (Å²) < 4.78 is 0. The number of hydrogen-bond acceptors (Lipinski definition) is 3. The SMILES string of the molecule is CCC(NC(=O)c1c(SC)c(-c2ccccc2)nc2ccccc12)c1ccccc1. The molecule has 0 aliphatic rings. The van der Waals surface area contributed by atoms with Gasteiger partial charge in [0.2, 0.25) is 0 Å². The zero-order valence-electron chi connectivity index (χ0n) is 17.1. The minimum absolute atomic E-state index is 0.0412. The van der Waals surface area contributed by atoms with E-state index in [0.29, 0.717) is 5.56 Å². The Bertz CT molecular complexity index is 1160. The average molecular weight is 413 g/mol. The quantitative estimate of drug-likeness (QED) is 0.367. The van der Waals surface area contributed by atoms with Crippen LogP contribution < -0.4 is 5.32 Å². The fourth-order valence-corrected chi connectivity index (χ4v) is 4.51. The molecule has 0 aliphatic carbocycles. The number of benzene rings is 3. The third-order valence-electron chi connectivity index (χ3n) is 5.24. The Morgan fingerprint density at radius 2 is 1.57 bits per heavy atom. The van der Waals surface area contributed by atoms with Crippen LogP contribution in [0.25, 0.3) is 22.2 Å². The van der Waals surface area contributed by atoms with Crippen molar-refractivity contribution in [1.82, 2.24) is 10.3 Å². The molecule has 0 aliphatic heterocycles. The Morgan fingerprint density at radius 1 is 0.933 bits per heavy atom. The van der Waals surface area contributed by atoms with Crippen LogP contribution in [0.5, 0.6) is 0 Å². The minimum atomic E-state index is -0.0640. The van der Waals surface area contributed by atoms with Gasteiger partial charge in [-0.2, -0.15) is 0 Å². The van der Waals surface area contributed by atoms with Crippen molar-refractivity contribution in [3.05, 3.63) is 96.1 Å². The molecule has 1 atom stereocenters. The summed E-state index contributed by atoms with van der Waals surface area (Å²) in [5.41, 5.74) is 4.49. The zero-order valence-corrected chi connectivity index (χ0v) is 17.9. The molecule has 0 saturated carbocycles. The molecule has 1 N–H and O–H groups in total. The number of carbonyl (C=O) groups excluding carboxylic acids is 1. The van der Waals surface area contributed by atoms with E-state index in [1.807, 2.05) is 79.1 Å². The Morgan fingerprint density at radius 3 is 2.23 bits per heavy atom. The van der Waals surface area contributed by atoms with Gasteiger partial charge in [0.1, 0.15) is 0 Å². The highest BCUT2D eigenvalue weighted by molar-refractivity contribution is 7.98. The maximum absolute atomic E-state index is 13.6. The lowest BCUT2D eigenvalue weighted by Crippen LogP contribution is -2.29. The van der Waals surface area contributed by atoms with Crippen LogP contribution in [0, 0.1) is 0 Å². The largest absolute Gasteiger partial charge is 0.345 e. The summed E-state index contributed by atoms with van der Waals surface area (Å²) in [6, 6.07) is 28.0. The first kappa shape index (κ1) is 20.2. The normalized spacial score (nSPS) is 11.9. The summed E-state index contributed by atoms with van der Waals surface area (Å²) in [6.07, 6.45) is 2.82. The molecule has 0 radical (unpaired) electrons. The number of carbonyl (C=O) groups is 1. The van der Waals surface area contributed by atoms with Crippen molar-refractivity contribution in [2.24, 2.45) is 0 Å². The lowest BCUT2D eigenvalue weighted by atomic mass is 10.0. The number of para-hydroxylation sites is 1. The molecule has 1 aromatic heterocycles. The van der Waals surface area contributed by atoms with E-state index in [1.54, 1.807) is 11.8 Å². The van der Waals surface area contributed by atoms with Gasteiger partial charge in [-0.25, -0.2) is 4.98 Å². The van der Waals surface area contributed by atoms with Crippen molar-refractivity contribution in [2.75, 3.05) is 6.26 Å². The number of hydrogen-bond donors (Lipinski definition) is 1. The van der Waals surface area contributed by atoms with E-state index in [-0.39, 0.29) is 11.9 Å². The third kappa shape index (κ3) is 3.96. The van der Waals surface area contributed by atoms with Crippen molar-refractivity contribution in [3.63, 3.8) is 0 Å². The predicted octanol–water partition coefficient (Wildman–Crippen LogP) is 6.50. The van der Waals surface area contributed by atoms with Gasteiger partial charge in [-0.15, -0.1) is 11.8 Å². The minimum Gasteiger partial charge on any atom is -0.345 e. The van der Waals surface area contributed by atoms with Gasteiger partial charge >= 0.3 is 0 Å². The van der Waals surface area contributed by atoms with E-state index < -0.39 is 0 Å². The van der Waals surface area contributed by atoms with Crippen LogP contribution in [-0.2, 0) is 0 Å². The number of rotatable bonds is 6. The van der Waals surface area contributed by atoms with Crippen molar-refractivity contribution in [2.45, 2.75) is 24.3 Å². The number of fused-ring (bicyclic) bond motifs is 1.